The number of hydrogen-bond acceptors (Lipinski definition) is 12. The van der Waals surface area contributed by atoms with E-state index in [1.165, 1.54) is 37.4 Å². The molecule has 0 aromatic heterocycles. The molecule has 3 aromatic carbocycles. The molecule has 5 N–H and O–H groups in total. The maximum absolute atomic E-state index is 12.9. The van der Waals surface area contributed by atoms with Crippen LogP contribution >= 0.6 is 0 Å². The van der Waals surface area contributed by atoms with E-state index in [1.807, 2.05) is 0 Å². The van der Waals surface area contributed by atoms with Crippen LogP contribution in [0.15, 0.2) is 48.5 Å². The van der Waals surface area contributed by atoms with Crippen LogP contribution < -0.4 is 18.9 Å². The van der Waals surface area contributed by atoms with Crippen molar-refractivity contribution in [3.8, 4) is 40.2 Å². The maximum Gasteiger partial charge on any atom is 0.306 e. The number of esters is 1. The van der Waals surface area contributed by atoms with Gasteiger partial charge < -0.3 is 49.2 Å². The summed E-state index contributed by atoms with van der Waals surface area (Å²) in [5.74, 6) is -3.21. The monoisotopic (exact) mass is 582 g/mol. The Morgan fingerprint density at radius 1 is 0.833 bits per heavy atom. The minimum atomic E-state index is -1.69. The number of methoxy groups -OCH3 is 1. The van der Waals surface area contributed by atoms with Crippen molar-refractivity contribution in [2.24, 2.45) is 0 Å². The second kappa shape index (κ2) is 11.4. The Balaban J connectivity index is 1.45. The van der Waals surface area contributed by atoms with Gasteiger partial charge in [-0.2, -0.15) is 0 Å². The van der Waals surface area contributed by atoms with Crippen molar-refractivity contribution in [1.82, 2.24) is 0 Å². The standard InChI is InChI=1S/C29H26O13/c1-38-19-8-13(2-4-16(19)31)28-22(12-39-24(35)7-6-23(33)34)40-18-5-3-14(9-20(18)41-28)29-27(37)26(36)25-17(32)10-15(30)11-21(25)42-29/h2-5,8-11,22,27-32,37H,6-7,12H2,1H3,(H,33,34)/t22-,27-,28-,29+/m0/s1. The summed E-state index contributed by atoms with van der Waals surface area (Å²) in [6, 6.07) is 11.1. The van der Waals surface area contributed by atoms with Crippen LogP contribution in [-0.4, -0.2) is 69.2 Å². The van der Waals surface area contributed by atoms with Gasteiger partial charge in [-0.25, -0.2) is 0 Å². The molecule has 0 saturated heterocycles. The molecule has 2 heterocycles. The van der Waals surface area contributed by atoms with Crippen LogP contribution in [0.1, 0.15) is 46.5 Å². The number of ketones is 1. The number of carbonyl (C=O) groups is 3. The molecule has 2 aliphatic rings. The minimum Gasteiger partial charge on any atom is -0.508 e. The van der Waals surface area contributed by atoms with Crippen molar-refractivity contribution in [2.45, 2.75) is 37.3 Å². The topological polar surface area (TPSA) is 199 Å². The predicted octanol–water partition coefficient (Wildman–Crippen LogP) is 2.78. The first-order valence-corrected chi connectivity index (χ1v) is 12.7. The zero-order valence-electron chi connectivity index (χ0n) is 22.1. The van der Waals surface area contributed by atoms with E-state index in [2.05, 4.69) is 0 Å². The van der Waals surface area contributed by atoms with Crippen molar-refractivity contribution in [2.75, 3.05) is 13.7 Å². The molecule has 220 valence electrons. The van der Waals surface area contributed by atoms with E-state index in [-0.39, 0.29) is 53.1 Å². The van der Waals surface area contributed by atoms with Crippen molar-refractivity contribution in [3.63, 3.8) is 0 Å². The summed E-state index contributed by atoms with van der Waals surface area (Å²) in [5, 5.41) is 49.6. The van der Waals surface area contributed by atoms with Gasteiger partial charge in [-0.15, -0.1) is 0 Å². The number of aliphatic hydroxyl groups excluding tert-OH is 1. The van der Waals surface area contributed by atoms with Gasteiger partial charge in [-0.1, -0.05) is 12.1 Å². The van der Waals surface area contributed by atoms with Gasteiger partial charge in [0.05, 0.1) is 20.0 Å². The van der Waals surface area contributed by atoms with Gasteiger partial charge in [0, 0.05) is 17.7 Å². The average molecular weight is 583 g/mol. The average Bonchev–Trinajstić information content (AvgIpc) is 2.96. The highest BCUT2D eigenvalue weighted by atomic mass is 16.6. The van der Waals surface area contributed by atoms with Crippen LogP contribution in [0.4, 0.5) is 0 Å². The summed E-state index contributed by atoms with van der Waals surface area (Å²) in [4.78, 5) is 35.8. The van der Waals surface area contributed by atoms with Crippen molar-refractivity contribution in [1.29, 1.82) is 0 Å². The molecule has 0 saturated carbocycles. The zero-order chi connectivity index (χ0) is 30.1. The number of carboxylic acids is 1. The van der Waals surface area contributed by atoms with Crippen LogP contribution in [-0.2, 0) is 14.3 Å². The third kappa shape index (κ3) is 5.54. The Bertz CT molecular complexity index is 1550. The van der Waals surface area contributed by atoms with Gasteiger partial charge in [0.2, 0.25) is 5.78 Å². The highest BCUT2D eigenvalue weighted by Gasteiger charge is 2.41. The molecule has 0 unspecified atom stereocenters. The molecule has 13 heteroatoms. The molecule has 0 spiro atoms. The molecule has 0 aliphatic carbocycles. The fraction of sp³-hybridized carbons (Fsp3) is 0.276. The third-order valence-electron chi connectivity index (χ3n) is 6.77. The summed E-state index contributed by atoms with van der Waals surface area (Å²) in [6.45, 7) is -0.295. The number of ether oxygens (including phenoxy) is 5. The number of rotatable bonds is 8. The maximum atomic E-state index is 12.9. The largest absolute Gasteiger partial charge is 0.508 e. The second-order valence-electron chi connectivity index (χ2n) is 9.59. The quantitative estimate of drug-likeness (QED) is 0.243. The SMILES string of the molecule is COc1cc([C@@H]2Oc3cc([C@H]4Oc5cc(O)cc(O)c5C(=O)[C@@H]4O)ccc3O[C@H]2COC(=O)CCC(=O)O)ccc1O. The molecule has 2 aliphatic heterocycles. The van der Waals surface area contributed by atoms with E-state index < -0.39 is 54.3 Å². The number of hydrogen-bond donors (Lipinski definition) is 5. The van der Waals surface area contributed by atoms with Crippen molar-refractivity contribution < 1.29 is 63.6 Å². The molecular formula is C29H26O13. The number of fused-ring (bicyclic) bond motifs is 2. The lowest BCUT2D eigenvalue weighted by Crippen LogP contribution is -2.38. The van der Waals surface area contributed by atoms with E-state index in [0.29, 0.717) is 11.1 Å². The summed E-state index contributed by atoms with van der Waals surface area (Å²) < 4.78 is 28.6. The van der Waals surface area contributed by atoms with Gasteiger partial charge >= 0.3 is 11.9 Å². The number of benzene rings is 3. The number of aliphatic hydroxyl groups is 1. The summed E-state index contributed by atoms with van der Waals surface area (Å²) in [6.07, 6.45) is -5.45. The highest BCUT2D eigenvalue weighted by Crippen LogP contribution is 2.46. The van der Waals surface area contributed by atoms with E-state index in [9.17, 15) is 34.8 Å². The first-order valence-electron chi connectivity index (χ1n) is 12.7. The van der Waals surface area contributed by atoms with Crippen molar-refractivity contribution in [3.05, 3.63) is 65.2 Å². The van der Waals surface area contributed by atoms with Gasteiger partial charge in [0.1, 0.15) is 29.4 Å². The third-order valence-corrected chi connectivity index (χ3v) is 6.77. The number of carboxylic acid groups (broad SMARTS) is 1. The Kier molecular flexibility index (Phi) is 7.68. The second-order valence-corrected chi connectivity index (χ2v) is 9.59. The number of aliphatic carboxylic acids is 1. The fourth-order valence-corrected chi connectivity index (χ4v) is 4.72. The van der Waals surface area contributed by atoms with E-state index in [1.54, 1.807) is 6.07 Å². The van der Waals surface area contributed by atoms with Crippen molar-refractivity contribution >= 4 is 17.7 Å². The van der Waals surface area contributed by atoms with Crippen LogP contribution in [0.2, 0.25) is 0 Å². The molecule has 5 rings (SSSR count). The van der Waals surface area contributed by atoms with Crippen LogP contribution in [0, 0.1) is 0 Å². The van der Waals surface area contributed by atoms with Crippen LogP contribution in [0.25, 0.3) is 0 Å². The fourth-order valence-electron chi connectivity index (χ4n) is 4.72. The number of phenols is 3. The molecule has 0 amide bonds. The summed E-state index contributed by atoms with van der Waals surface area (Å²) in [7, 11) is 1.37. The summed E-state index contributed by atoms with van der Waals surface area (Å²) >= 11 is 0. The molecular weight excluding hydrogens is 556 g/mol. The number of phenolic OH excluding ortho intramolecular Hbond substituents is 3. The zero-order valence-corrected chi connectivity index (χ0v) is 22.1. The molecule has 0 radical (unpaired) electrons. The number of Topliss-reactive ketones (excluding diaryl/α,β-unsaturated/α-hetero) is 1. The normalized spacial score (nSPS) is 20.7. The van der Waals surface area contributed by atoms with E-state index in [4.69, 9.17) is 28.8 Å². The Morgan fingerprint density at radius 3 is 2.29 bits per heavy atom. The summed E-state index contributed by atoms with van der Waals surface area (Å²) in [5.41, 5.74) is 0.541. The first kappa shape index (κ1) is 28.4. The lowest BCUT2D eigenvalue weighted by atomic mass is 9.92. The molecule has 0 fully saturated rings. The van der Waals surface area contributed by atoms with Gasteiger partial charge in [-0.3, -0.25) is 14.4 Å². The van der Waals surface area contributed by atoms with Crippen LogP contribution in [0.3, 0.4) is 0 Å². The first-order chi connectivity index (χ1) is 20.0. The lowest BCUT2D eigenvalue weighted by Gasteiger charge is -2.35. The van der Waals surface area contributed by atoms with Crippen LogP contribution in [0.5, 0.6) is 40.2 Å². The number of carbonyl (C=O) groups excluding carboxylic acids is 2. The molecule has 4 atom stereocenters. The minimum absolute atomic E-state index is 0.110. The van der Waals surface area contributed by atoms with Gasteiger partial charge in [0.25, 0.3) is 0 Å². The predicted molar refractivity (Wildman–Crippen MR) is 140 cm³/mol. The van der Waals surface area contributed by atoms with Gasteiger partial charge in [0.15, 0.2) is 47.4 Å². The molecule has 3 aromatic rings. The Hall–Kier alpha value is -5.17. The number of aromatic hydroxyl groups is 3. The molecule has 13 nitrogen and oxygen atoms in total. The highest BCUT2D eigenvalue weighted by molar-refractivity contribution is 6.05. The molecule has 0 bridgehead atoms. The van der Waals surface area contributed by atoms with Gasteiger partial charge in [-0.05, 0) is 29.8 Å². The van der Waals surface area contributed by atoms with E-state index >= 15 is 0 Å². The smallest absolute Gasteiger partial charge is 0.306 e. The molecule has 42 heavy (non-hydrogen) atoms. The Labute approximate surface area is 238 Å². The Morgan fingerprint density at radius 2 is 1.55 bits per heavy atom. The lowest BCUT2D eigenvalue weighted by molar-refractivity contribution is -0.151. The van der Waals surface area contributed by atoms with E-state index in [0.717, 1.165) is 12.1 Å².